The van der Waals surface area contributed by atoms with E-state index in [1.807, 2.05) is 12.3 Å². The molecule has 0 bridgehead atoms. The van der Waals surface area contributed by atoms with Crippen LogP contribution in [0.15, 0.2) is 29.6 Å². The van der Waals surface area contributed by atoms with Crippen molar-refractivity contribution in [2.45, 2.75) is 44.2 Å². The lowest BCUT2D eigenvalue weighted by atomic mass is 9.97. The molecular weight excluding hydrogens is 326 g/mol. The average Bonchev–Trinajstić information content (AvgIpc) is 3.22. The van der Waals surface area contributed by atoms with Crippen molar-refractivity contribution in [1.29, 1.82) is 0 Å². The van der Waals surface area contributed by atoms with Crippen molar-refractivity contribution in [3.8, 4) is 0 Å². The number of nitrogens with zero attached hydrogens (tertiary/aromatic N) is 2. The molecule has 0 saturated heterocycles. The smallest absolute Gasteiger partial charge is 0.269 e. The zero-order chi connectivity index (χ0) is 17.2. The molecule has 1 aromatic carbocycles. The van der Waals surface area contributed by atoms with Gasteiger partial charge >= 0.3 is 0 Å². The minimum Gasteiger partial charge on any atom is -0.387 e. The number of aliphatic hydroxyl groups is 1. The third kappa shape index (κ3) is 3.48. The Morgan fingerprint density at radius 1 is 1.46 bits per heavy atom. The van der Waals surface area contributed by atoms with Crippen molar-refractivity contribution in [2.75, 3.05) is 6.54 Å². The lowest BCUT2D eigenvalue weighted by molar-refractivity contribution is -0.385. The molecule has 0 aliphatic heterocycles. The van der Waals surface area contributed by atoms with E-state index in [4.69, 9.17) is 0 Å². The van der Waals surface area contributed by atoms with Gasteiger partial charge in [-0.3, -0.25) is 10.1 Å². The van der Waals surface area contributed by atoms with Gasteiger partial charge in [-0.25, -0.2) is 4.98 Å². The predicted octanol–water partition coefficient (Wildman–Crippen LogP) is 3.45. The predicted molar refractivity (Wildman–Crippen MR) is 93.1 cm³/mol. The van der Waals surface area contributed by atoms with Gasteiger partial charge in [-0.1, -0.05) is 25.0 Å². The Labute approximate surface area is 144 Å². The second kappa shape index (κ2) is 6.96. The third-order valence-corrected chi connectivity index (χ3v) is 5.75. The summed E-state index contributed by atoms with van der Waals surface area (Å²) >= 11 is 1.65. The summed E-state index contributed by atoms with van der Waals surface area (Å²) in [5, 5.41) is 28.0. The topological polar surface area (TPSA) is 88.3 Å². The number of aryl methyl sites for hydroxylation is 1. The summed E-state index contributed by atoms with van der Waals surface area (Å²) in [4.78, 5) is 15.1. The Kier molecular flexibility index (Phi) is 4.93. The maximum atomic E-state index is 10.9. The fourth-order valence-electron chi connectivity index (χ4n) is 3.27. The van der Waals surface area contributed by atoms with Gasteiger partial charge in [0.05, 0.1) is 16.6 Å². The van der Waals surface area contributed by atoms with Crippen LogP contribution >= 0.6 is 11.3 Å². The Morgan fingerprint density at radius 2 is 2.21 bits per heavy atom. The molecule has 0 spiro atoms. The van der Waals surface area contributed by atoms with Gasteiger partial charge in [0.1, 0.15) is 5.01 Å². The van der Waals surface area contributed by atoms with E-state index in [2.05, 4.69) is 10.3 Å². The summed E-state index contributed by atoms with van der Waals surface area (Å²) in [5.74, 6) is 0. The van der Waals surface area contributed by atoms with E-state index in [1.54, 1.807) is 23.5 Å². The molecule has 24 heavy (non-hydrogen) atoms. The van der Waals surface area contributed by atoms with Gasteiger partial charge in [-0.15, -0.1) is 11.3 Å². The van der Waals surface area contributed by atoms with E-state index >= 15 is 0 Å². The van der Waals surface area contributed by atoms with E-state index in [9.17, 15) is 15.2 Å². The van der Waals surface area contributed by atoms with Crippen LogP contribution in [0.4, 0.5) is 5.69 Å². The highest BCUT2D eigenvalue weighted by molar-refractivity contribution is 7.09. The van der Waals surface area contributed by atoms with Crippen molar-refractivity contribution in [1.82, 2.24) is 10.3 Å². The molecule has 2 N–H and O–H groups in total. The number of rotatable bonds is 6. The first-order chi connectivity index (χ1) is 11.5. The summed E-state index contributed by atoms with van der Waals surface area (Å²) in [6, 6.07) is 6.18. The molecule has 1 saturated carbocycles. The Balaban J connectivity index is 1.73. The molecule has 2 aromatic rings. The fraction of sp³-hybridized carbons (Fsp3) is 0.471. The molecule has 1 aliphatic rings. The van der Waals surface area contributed by atoms with Gasteiger partial charge in [0, 0.05) is 29.8 Å². The van der Waals surface area contributed by atoms with Crippen LogP contribution in [0.5, 0.6) is 0 Å². The third-order valence-electron chi connectivity index (χ3n) is 4.59. The molecule has 7 heteroatoms. The zero-order valence-corrected chi connectivity index (χ0v) is 14.4. The molecule has 0 amide bonds. The highest BCUT2D eigenvalue weighted by Gasteiger charge is 2.38. The average molecular weight is 347 g/mol. The maximum Gasteiger partial charge on any atom is 0.269 e. The van der Waals surface area contributed by atoms with E-state index < -0.39 is 11.0 Å². The quantitative estimate of drug-likeness (QED) is 0.617. The van der Waals surface area contributed by atoms with Gasteiger partial charge in [0.25, 0.3) is 5.69 Å². The van der Waals surface area contributed by atoms with Crippen LogP contribution in [0.25, 0.3) is 0 Å². The van der Waals surface area contributed by atoms with Crippen LogP contribution in [-0.4, -0.2) is 21.6 Å². The van der Waals surface area contributed by atoms with Crippen LogP contribution in [0.2, 0.25) is 0 Å². The van der Waals surface area contributed by atoms with Crippen LogP contribution in [0, 0.1) is 17.0 Å². The maximum absolute atomic E-state index is 10.9. The standard InChI is InChI=1S/C17H21N3O3S/c1-12-11-24-16(19-12)17(7-2-3-8-17)18-10-15(21)13-5-4-6-14(9-13)20(22)23/h4-6,9,11,15,18,21H,2-3,7-8,10H2,1H3. The number of nitrogens with one attached hydrogen (secondary N) is 1. The molecule has 1 atom stereocenters. The first-order valence-corrected chi connectivity index (χ1v) is 8.98. The SMILES string of the molecule is Cc1csc(C2(NCC(O)c3cccc([N+](=O)[O-])c3)CCCC2)n1. The molecule has 1 aromatic heterocycles. The van der Waals surface area contributed by atoms with E-state index in [0.717, 1.165) is 36.4 Å². The molecule has 6 nitrogen and oxygen atoms in total. The van der Waals surface area contributed by atoms with Gasteiger partial charge in [-0.2, -0.15) is 0 Å². The molecule has 1 fully saturated rings. The monoisotopic (exact) mass is 347 g/mol. The summed E-state index contributed by atoms with van der Waals surface area (Å²) in [7, 11) is 0. The molecule has 1 heterocycles. The number of thiazole rings is 1. The summed E-state index contributed by atoms with van der Waals surface area (Å²) in [5.41, 5.74) is 1.39. The van der Waals surface area contributed by atoms with E-state index in [0.29, 0.717) is 12.1 Å². The molecule has 128 valence electrons. The Hall–Kier alpha value is -1.83. The van der Waals surface area contributed by atoms with Gasteiger partial charge in [-0.05, 0) is 25.3 Å². The molecular formula is C17H21N3O3S. The highest BCUT2D eigenvalue weighted by Crippen LogP contribution is 2.40. The number of nitro benzene ring substituents is 1. The second-order valence-corrected chi connectivity index (χ2v) is 7.19. The number of nitro groups is 1. The molecule has 0 radical (unpaired) electrons. The summed E-state index contributed by atoms with van der Waals surface area (Å²) < 4.78 is 0. The highest BCUT2D eigenvalue weighted by atomic mass is 32.1. The lowest BCUT2D eigenvalue weighted by Crippen LogP contribution is -2.42. The van der Waals surface area contributed by atoms with Gasteiger partial charge < -0.3 is 10.4 Å². The number of hydrogen-bond acceptors (Lipinski definition) is 6. The molecule has 3 rings (SSSR count). The van der Waals surface area contributed by atoms with Crippen molar-refractivity contribution in [2.24, 2.45) is 0 Å². The van der Waals surface area contributed by atoms with Gasteiger partial charge in [0.15, 0.2) is 0 Å². The number of aliphatic hydroxyl groups excluding tert-OH is 1. The zero-order valence-electron chi connectivity index (χ0n) is 13.6. The first kappa shape index (κ1) is 17.0. The Morgan fingerprint density at radius 3 is 2.83 bits per heavy atom. The second-order valence-electron chi connectivity index (χ2n) is 6.33. The lowest BCUT2D eigenvalue weighted by Gasteiger charge is -2.29. The van der Waals surface area contributed by atoms with E-state index in [-0.39, 0.29) is 11.2 Å². The van der Waals surface area contributed by atoms with Crippen LogP contribution in [0.3, 0.4) is 0 Å². The number of aromatic nitrogens is 1. The fourth-order valence-corrected chi connectivity index (χ4v) is 4.31. The van der Waals surface area contributed by atoms with E-state index in [1.165, 1.54) is 12.1 Å². The van der Waals surface area contributed by atoms with Crippen LogP contribution in [-0.2, 0) is 5.54 Å². The minimum atomic E-state index is -0.788. The summed E-state index contributed by atoms with van der Waals surface area (Å²) in [6.07, 6.45) is 3.49. The van der Waals surface area contributed by atoms with Crippen LogP contribution < -0.4 is 5.32 Å². The number of benzene rings is 1. The minimum absolute atomic E-state index is 0.00215. The van der Waals surface area contributed by atoms with Crippen molar-refractivity contribution in [3.63, 3.8) is 0 Å². The number of hydrogen-bond donors (Lipinski definition) is 2. The molecule has 1 aliphatic carbocycles. The van der Waals surface area contributed by atoms with Crippen LogP contribution in [0.1, 0.15) is 48.1 Å². The first-order valence-electron chi connectivity index (χ1n) is 8.10. The van der Waals surface area contributed by atoms with Crippen molar-refractivity contribution >= 4 is 17.0 Å². The number of non-ortho nitro benzene ring substituents is 1. The van der Waals surface area contributed by atoms with Gasteiger partial charge in [0.2, 0.25) is 0 Å². The summed E-state index contributed by atoms with van der Waals surface area (Å²) in [6.45, 7) is 2.33. The Bertz CT molecular complexity index is 725. The van der Waals surface area contributed by atoms with Crippen molar-refractivity contribution in [3.05, 3.63) is 56.0 Å². The largest absolute Gasteiger partial charge is 0.387 e. The molecule has 1 unspecified atom stereocenters. The van der Waals surface area contributed by atoms with Crippen molar-refractivity contribution < 1.29 is 10.0 Å². The normalized spacial score (nSPS) is 17.8.